The monoisotopic (exact) mass is 292 g/mol. The highest BCUT2D eigenvalue weighted by molar-refractivity contribution is 6.30. The Hall–Kier alpha value is -2.14. The summed E-state index contributed by atoms with van der Waals surface area (Å²) in [4.78, 5) is 10.5. The minimum Gasteiger partial charge on any atom is -0.481 e. The lowest BCUT2D eigenvalue weighted by atomic mass is 10.1. The molecule has 0 aliphatic rings. The Bertz CT molecular complexity index is 614. The number of hydrogen-bond acceptors (Lipinski definition) is 3. The second kappa shape index (κ2) is 6.34. The van der Waals surface area contributed by atoms with Crippen LogP contribution in [0.3, 0.4) is 0 Å². The summed E-state index contributed by atoms with van der Waals surface area (Å²) in [5.41, 5.74) is 7.54. The number of carboxylic acid groups (broad SMARTS) is 1. The number of carboxylic acids is 1. The van der Waals surface area contributed by atoms with Crippen LogP contribution < -0.4 is 10.4 Å². The molecule has 6 heteroatoms. The van der Waals surface area contributed by atoms with Crippen molar-refractivity contribution in [3.63, 3.8) is 0 Å². The molecule has 0 unspecified atom stereocenters. The van der Waals surface area contributed by atoms with E-state index in [0.29, 0.717) is 23.8 Å². The predicted octanol–water partition coefficient (Wildman–Crippen LogP) is 2.14. The zero-order valence-corrected chi connectivity index (χ0v) is 11.5. The number of aromatic nitrogens is 2. The van der Waals surface area contributed by atoms with Gasteiger partial charge in [0.15, 0.2) is 0 Å². The molecule has 0 fully saturated rings. The van der Waals surface area contributed by atoms with Crippen LogP contribution in [0.15, 0.2) is 36.4 Å². The third-order valence-electron chi connectivity index (χ3n) is 2.84. The van der Waals surface area contributed by atoms with Gasteiger partial charge < -0.3 is 5.11 Å². The van der Waals surface area contributed by atoms with Crippen molar-refractivity contribution < 1.29 is 14.6 Å². The third kappa shape index (κ3) is 3.68. The van der Waals surface area contributed by atoms with E-state index < -0.39 is 5.97 Å². The minimum atomic E-state index is -0.821. The Kier molecular flexibility index (Phi) is 4.53. The minimum absolute atomic E-state index is 0.0965. The number of rotatable bonds is 5. The van der Waals surface area contributed by atoms with Crippen molar-refractivity contribution in [2.45, 2.75) is 19.4 Å². The Morgan fingerprint density at radius 1 is 1.25 bits per heavy atom. The molecule has 0 saturated carbocycles. The second-order valence-electron chi connectivity index (χ2n) is 4.37. The van der Waals surface area contributed by atoms with Crippen molar-refractivity contribution >= 4 is 23.4 Å². The number of benzene rings is 1. The van der Waals surface area contributed by atoms with E-state index in [1.165, 1.54) is 0 Å². The van der Waals surface area contributed by atoms with E-state index in [1.54, 1.807) is 22.9 Å². The standard InChI is InChI=1S/C14H14ClN3O2/c15-11-5-3-10(4-6-11)12-7-8-13(16)18(17-12)9-1-2-14(19)20/h3-8,16H,1-2,9H2,(H,19,20)/p+1. The maximum Gasteiger partial charge on any atom is 0.303 e. The van der Waals surface area contributed by atoms with Crippen molar-refractivity contribution in [2.24, 2.45) is 0 Å². The van der Waals surface area contributed by atoms with E-state index in [0.717, 1.165) is 11.3 Å². The molecule has 0 spiro atoms. The lowest BCUT2D eigenvalue weighted by Gasteiger charge is -2.04. The molecular weight excluding hydrogens is 278 g/mol. The summed E-state index contributed by atoms with van der Waals surface area (Å²) in [6.07, 6.45) is 0.584. The quantitative estimate of drug-likeness (QED) is 0.827. The molecule has 0 saturated heterocycles. The van der Waals surface area contributed by atoms with Gasteiger partial charge in [-0.1, -0.05) is 28.8 Å². The van der Waals surface area contributed by atoms with E-state index in [1.807, 2.05) is 18.2 Å². The average molecular weight is 293 g/mol. The van der Waals surface area contributed by atoms with Crippen molar-refractivity contribution in [2.75, 3.05) is 5.73 Å². The maximum atomic E-state index is 10.5. The number of halogens is 1. The molecule has 2 aromatic rings. The fraction of sp³-hybridized carbons (Fsp3) is 0.214. The van der Waals surface area contributed by atoms with Gasteiger partial charge in [0.2, 0.25) is 0 Å². The Labute approximate surface area is 121 Å². The summed E-state index contributed by atoms with van der Waals surface area (Å²) in [5.74, 6) is -0.314. The van der Waals surface area contributed by atoms with Gasteiger partial charge in [-0.2, -0.15) is 0 Å². The fourth-order valence-electron chi connectivity index (χ4n) is 1.81. The van der Waals surface area contributed by atoms with Gasteiger partial charge in [0.1, 0.15) is 12.2 Å². The number of carbonyl (C=O) groups is 1. The third-order valence-corrected chi connectivity index (χ3v) is 3.09. The molecule has 0 aliphatic carbocycles. The van der Waals surface area contributed by atoms with Gasteiger partial charge in [0, 0.05) is 23.1 Å². The van der Waals surface area contributed by atoms with Gasteiger partial charge in [0.05, 0.1) is 0 Å². The summed E-state index contributed by atoms with van der Waals surface area (Å²) in [7, 11) is 0. The van der Waals surface area contributed by atoms with Gasteiger partial charge in [0.25, 0.3) is 5.82 Å². The molecule has 1 aromatic heterocycles. The maximum absolute atomic E-state index is 10.5. The van der Waals surface area contributed by atoms with Crippen LogP contribution in [0.2, 0.25) is 5.02 Å². The van der Waals surface area contributed by atoms with Gasteiger partial charge in [-0.3, -0.25) is 10.5 Å². The van der Waals surface area contributed by atoms with Gasteiger partial charge in [-0.05, 0) is 24.6 Å². The second-order valence-corrected chi connectivity index (χ2v) is 4.81. The SMILES string of the molecule is Nc1ccc(-c2ccc(Cl)cc2)n[n+]1CCCC(=O)O. The number of nitrogens with two attached hydrogens (primary N) is 1. The van der Waals surface area contributed by atoms with E-state index in [2.05, 4.69) is 5.10 Å². The highest BCUT2D eigenvalue weighted by Crippen LogP contribution is 2.18. The van der Waals surface area contributed by atoms with Crippen LogP contribution in [0.1, 0.15) is 12.8 Å². The van der Waals surface area contributed by atoms with Gasteiger partial charge in [-0.15, -0.1) is 4.68 Å². The Balaban J connectivity index is 2.19. The van der Waals surface area contributed by atoms with Crippen LogP contribution >= 0.6 is 11.6 Å². The molecule has 0 aliphatic heterocycles. The molecular formula is C14H15ClN3O2+. The molecule has 0 amide bonds. The molecule has 5 nitrogen and oxygen atoms in total. The van der Waals surface area contributed by atoms with Crippen LogP contribution in [-0.4, -0.2) is 16.2 Å². The topological polar surface area (TPSA) is 80.1 Å². The van der Waals surface area contributed by atoms with E-state index in [-0.39, 0.29) is 6.42 Å². The van der Waals surface area contributed by atoms with Crippen molar-refractivity contribution in [3.05, 3.63) is 41.4 Å². The van der Waals surface area contributed by atoms with E-state index >= 15 is 0 Å². The number of hydrogen-bond donors (Lipinski definition) is 2. The molecule has 1 aromatic carbocycles. The number of aryl methyl sites for hydroxylation is 1. The zero-order valence-electron chi connectivity index (χ0n) is 10.8. The number of nitrogens with zero attached hydrogens (tertiary/aromatic N) is 2. The van der Waals surface area contributed by atoms with E-state index in [9.17, 15) is 4.79 Å². The first-order valence-electron chi connectivity index (χ1n) is 6.20. The predicted molar refractivity (Wildman–Crippen MR) is 76.2 cm³/mol. The highest BCUT2D eigenvalue weighted by atomic mass is 35.5. The molecule has 3 N–H and O–H groups in total. The zero-order chi connectivity index (χ0) is 14.5. The van der Waals surface area contributed by atoms with Gasteiger partial charge >= 0.3 is 5.97 Å². The lowest BCUT2D eigenvalue weighted by molar-refractivity contribution is -0.739. The van der Waals surface area contributed by atoms with Crippen LogP contribution in [-0.2, 0) is 11.3 Å². The van der Waals surface area contributed by atoms with Crippen LogP contribution in [0.25, 0.3) is 11.3 Å². The first-order valence-corrected chi connectivity index (χ1v) is 6.58. The summed E-state index contributed by atoms with van der Waals surface area (Å²) in [6, 6.07) is 10.9. The molecule has 2 rings (SSSR count). The van der Waals surface area contributed by atoms with Crippen LogP contribution in [0.4, 0.5) is 5.82 Å². The van der Waals surface area contributed by atoms with Crippen LogP contribution in [0, 0.1) is 0 Å². The molecule has 1 heterocycles. The summed E-state index contributed by atoms with van der Waals surface area (Å²) < 4.78 is 1.62. The first kappa shape index (κ1) is 14.3. The summed E-state index contributed by atoms with van der Waals surface area (Å²) in [5, 5.41) is 13.7. The van der Waals surface area contributed by atoms with Crippen molar-refractivity contribution in [3.8, 4) is 11.3 Å². The summed E-state index contributed by atoms with van der Waals surface area (Å²) in [6.45, 7) is 0.472. The molecule has 20 heavy (non-hydrogen) atoms. The Morgan fingerprint density at radius 3 is 2.60 bits per heavy atom. The highest BCUT2D eigenvalue weighted by Gasteiger charge is 2.10. The molecule has 0 atom stereocenters. The largest absolute Gasteiger partial charge is 0.481 e. The number of aliphatic carboxylic acids is 1. The number of anilines is 1. The van der Waals surface area contributed by atoms with Crippen molar-refractivity contribution in [1.29, 1.82) is 0 Å². The van der Waals surface area contributed by atoms with Crippen LogP contribution in [0.5, 0.6) is 0 Å². The smallest absolute Gasteiger partial charge is 0.303 e. The number of nitrogen functional groups attached to an aromatic ring is 1. The fourth-order valence-corrected chi connectivity index (χ4v) is 1.93. The lowest BCUT2D eigenvalue weighted by Crippen LogP contribution is -2.41. The summed E-state index contributed by atoms with van der Waals surface area (Å²) >= 11 is 5.85. The van der Waals surface area contributed by atoms with E-state index in [4.69, 9.17) is 22.4 Å². The Morgan fingerprint density at radius 2 is 1.95 bits per heavy atom. The van der Waals surface area contributed by atoms with Gasteiger partial charge in [-0.25, -0.2) is 0 Å². The molecule has 0 bridgehead atoms. The molecule has 0 radical (unpaired) electrons. The normalized spacial score (nSPS) is 10.4. The average Bonchev–Trinajstić information content (AvgIpc) is 2.41. The van der Waals surface area contributed by atoms with Crippen molar-refractivity contribution in [1.82, 2.24) is 5.10 Å². The first-order chi connectivity index (χ1) is 9.56. The molecule has 104 valence electrons.